The van der Waals surface area contributed by atoms with Gasteiger partial charge in [-0.3, -0.25) is 0 Å². The van der Waals surface area contributed by atoms with E-state index >= 15 is 0 Å². The van der Waals surface area contributed by atoms with Crippen LogP contribution in [0.2, 0.25) is 0 Å². The van der Waals surface area contributed by atoms with Crippen molar-refractivity contribution in [1.82, 2.24) is 5.32 Å². The van der Waals surface area contributed by atoms with Crippen molar-refractivity contribution in [1.29, 1.82) is 0 Å². The molecule has 17 heavy (non-hydrogen) atoms. The van der Waals surface area contributed by atoms with E-state index < -0.39 is 0 Å². The molecule has 0 aromatic heterocycles. The van der Waals surface area contributed by atoms with Gasteiger partial charge < -0.3 is 10.1 Å². The van der Waals surface area contributed by atoms with E-state index in [1.54, 1.807) is 7.11 Å². The molecule has 1 fully saturated rings. The summed E-state index contributed by atoms with van der Waals surface area (Å²) in [6, 6.07) is 7.74. The second-order valence-electron chi connectivity index (χ2n) is 5.27. The standard InChI is InChI=1S/C15H23NO/c1-10-5-6-15(11(2)7-10)12(3)16-13-8-14(9-13)17-4/h5-7,12-14,16H,8-9H2,1-4H3. The number of nitrogens with one attached hydrogen (secondary N) is 1. The molecule has 0 heterocycles. The average Bonchev–Trinajstić information content (AvgIpc) is 2.22. The van der Waals surface area contributed by atoms with E-state index in [-0.39, 0.29) is 0 Å². The van der Waals surface area contributed by atoms with E-state index in [4.69, 9.17) is 4.74 Å². The van der Waals surface area contributed by atoms with Gasteiger partial charge in [-0.2, -0.15) is 0 Å². The van der Waals surface area contributed by atoms with Crippen molar-refractivity contribution in [2.75, 3.05) is 7.11 Å². The minimum absolute atomic E-state index is 0.429. The van der Waals surface area contributed by atoms with E-state index in [0.29, 0.717) is 18.2 Å². The summed E-state index contributed by atoms with van der Waals surface area (Å²) in [7, 11) is 1.80. The van der Waals surface area contributed by atoms with Crippen LogP contribution >= 0.6 is 0 Å². The molecule has 0 amide bonds. The Morgan fingerprint density at radius 3 is 2.59 bits per heavy atom. The molecule has 1 atom stereocenters. The number of aryl methyl sites for hydroxylation is 2. The van der Waals surface area contributed by atoms with Gasteiger partial charge in [-0.1, -0.05) is 23.8 Å². The van der Waals surface area contributed by atoms with Crippen LogP contribution in [0.1, 0.15) is 42.5 Å². The van der Waals surface area contributed by atoms with Crippen molar-refractivity contribution in [3.8, 4) is 0 Å². The molecule has 1 saturated carbocycles. The maximum absolute atomic E-state index is 5.30. The molecular weight excluding hydrogens is 210 g/mol. The maximum atomic E-state index is 5.30. The highest BCUT2D eigenvalue weighted by atomic mass is 16.5. The van der Waals surface area contributed by atoms with Gasteiger partial charge in [0.2, 0.25) is 0 Å². The van der Waals surface area contributed by atoms with Crippen molar-refractivity contribution >= 4 is 0 Å². The smallest absolute Gasteiger partial charge is 0.0601 e. The minimum Gasteiger partial charge on any atom is -0.381 e. The molecule has 94 valence electrons. The molecule has 1 unspecified atom stereocenters. The zero-order valence-corrected chi connectivity index (χ0v) is 11.3. The van der Waals surface area contributed by atoms with E-state index in [0.717, 1.165) is 12.8 Å². The second-order valence-corrected chi connectivity index (χ2v) is 5.27. The molecule has 1 N–H and O–H groups in total. The molecular formula is C15H23NO. The van der Waals surface area contributed by atoms with Crippen molar-refractivity contribution in [2.24, 2.45) is 0 Å². The van der Waals surface area contributed by atoms with Crippen LogP contribution in [-0.4, -0.2) is 19.3 Å². The van der Waals surface area contributed by atoms with Gasteiger partial charge in [-0.15, -0.1) is 0 Å². The van der Waals surface area contributed by atoms with Crippen molar-refractivity contribution in [2.45, 2.75) is 51.8 Å². The van der Waals surface area contributed by atoms with E-state index in [1.807, 2.05) is 0 Å². The van der Waals surface area contributed by atoms with Crippen LogP contribution in [0.4, 0.5) is 0 Å². The quantitative estimate of drug-likeness (QED) is 0.862. The molecule has 1 aliphatic carbocycles. The lowest BCUT2D eigenvalue weighted by Gasteiger charge is -2.37. The lowest BCUT2D eigenvalue weighted by Crippen LogP contribution is -2.45. The molecule has 0 aliphatic heterocycles. The van der Waals surface area contributed by atoms with Crippen molar-refractivity contribution < 1.29 is 4.74 Å². The van der Waals surface area contributed by atoms with Crippen LogP contribution in [-0.2, 0) is 4.74 Å². The van der Waals surface area contributed by atoms with Crippen LogP contribution in [0.3, 0.4) is 0 Å². The Kier molecular flexibility index (Phi) is 3.85. The topological polar surface area (TPSA) is 21.3 Å². The summed E-state index contributed by atoms with van der Waals surface area (Å²) in [6.07, 6.45) is 2.76. The first-order chi connectivity index (χ1) is 8.10. The van der Waals surface area contributed by atoms with Crippen LogP contribution in [0.25, 0.3) is 0 Å². The largest absolute Gasteiger partial charge is 0.381 e. The zero-order chi connectivity index (χ0) is 12.4. The SMILES string of the molecule is COC1CC(NC(C)c2ccc(C)cc2C)C1. The Morgan fingerprint density at radius 2 is 2.00 bits per heavy atom. The summed E-state index contributed by atoms with van der Waals surface area (Å²) < 4.78 is 5.30. The van der Waals surface area contributed by atoms with Gasteiger partial charge in [0.25, 0.3) is 0 Å². The summed E-state index contributed by atoms with van der Waals surface area (Å²) in [5.41, 5.74) is 4.13. The molecule has 0 radical (unpaired) electrons. The third-order valence-electron chi connectivity index (χ3n) is 3.81. The highest BCUT2D eigenvalue weighted by Crippen LogP contribution is 2.26. The Labute approximate surface area is 104 Å². The van der Waals surface area contributed by atoms with E-state index in [9.17, 15) is 0 Å². The van der Waals surface area contributed by atoms with Crippen molar-refractivity contribution in [3.05, 3.63) is 34.9 Å². The molecule has 0 spiro atoms. The Bertz CT molecular complexity index is 383. The Balaban J connectivity index is 1.93. The first-order valence-corrected chi connectivity index (χ1v) is 6.46. The van der Waals surface area contributed by atoms with Crippen LogP contribution in [0, 0.1) is 13.8 Å². The van der Waals surface area contributed by atoms with Gasteiger partial charge in [-0.25, -0.2) is 0 Å². The number of methoxy groups -OCH3 is 1. The monoisotopic (exact) mass is 233 g/mol. The van der Waals surface area contributed by atoms with Gasteiger partial charge in [0.1, 0.15) is 0 Å². The molecule has 2 heteroatoms. The number of rotatable bonds is 4. The highest BCUT2D eigenvalue weighted by Gasteiger charge is 2.29. The fourth-order valence-corrected chi connectivity index (χ4v) is 2.65. The van der Waals surface area contributed by atoms with Gasteiger partial charge in [-0.05, 0) is 44.7 Å². The van der Waals surface area contributed by atoms with Crippen LogP contribution < -0.4 is 5.32 Å². The maximum Gasteiger partial charge on any atom is 0.0601 e. The summed E-state index contributed by atoms with van der Waals surface area (Å²) in [5.74, 6) is 0. The van der Waals surface area contributed by atoms with Crippen LogP contribution in [0.15, 0.2) is 18.2 Å². The molecule has 1 aliphatic rings. The second kappa shape index (κ2) is 5.19. The third-order valence-corrected chi connectivity index (χ3v) is 3.81. The lowest BCUT2D eigenvalue weighted by atomic mass is 9.88. The molecule has 2 nitrogen and oxygen atoms in total. The zero-order valence-electron chi connectivity index (χ0n) is 11.3. The highest BCUT2D eigenvalue weighted by molar-refractivity contribution is 5.32. The first-order valence-electron chi connectivity index (χ1n) is 6.46. The first kappa shape index (κ1) is 12.6. The summed E-state index contributed by atoms with van der Waals surface area (Å²) in [4.78, 5) is 0. The molecule has 1 aromatic rings. The summed E-state index contributed by atoms with van der Waals surface area (Å²) >= 11 is 0. The minimum atomic E-state index is 0.429. The fraction of sp³-hybridized carbons (Fsp3) is 0.600. The Morgan fingerprint density at radius 1 is 1.29 bits per heavy atom. The average molecular weight is 233 g/mol. The Hall–Kier alpha value is -0.860. The number of hydrogen-bond acceptors (Lipinski definition) is 2. The van der Waals surface area contributed by atoms with Gasteiger partial charge >= 0.3 is 0 Å². The van der Waals surface area contributed by atoms with Crippen LogP contribution in [0.5, 0.6) is 0 Å². The molecule has 2 rings (SSSR count). The van der Waals surface area contributed by atoms with Crippen molar-refractivity contribution in [3.63, 3.8) is 0 Å². The van der Waals surface area contributed by atoms with E-state index in [2.05, 4.69) is 44.3 Å². The third kappa shape index (κ3) is 2.88. The lowest BCUT2D eigenvalue weighted by molar-refractivity contribution is 0.0147. The normalized spacial score (nSPS) is 25.4. The predicted molar refractivity (Wildman–Crippen MR) is 71.3 cm³/mol. The van der Waals surface area contributed by atoms with Gasteiger partial charge in [0.05, 0.1) is 6.10 Å². The number of ether oxygens (including phenoxy) is 1. The molecule has 0 saturated heterocycles. The molecule has 0 bridgehead atoms. The number of hydrogen-bond donors (Lipinski definition) is 1. The van der Waals surface area contributed by atoms with Gasteiger partial charge in [0, 0.05) is 19.2 Å². The number of benzene rings is 1. The molecule has 1 aromatic carbocycles. The summed E-state index contributed by atoms with van der Waals surface area (Å²) in [5, 5.41) is 3.68. The summed E-state index contributed by atoms with van der Waals surface area (Å²) in [6.45, 7) is 6.58. The van der Waals surface area contributed by atoms with Gasteiger partial charge in [0.15, 0.2) is 0 Å². The van der Waals surface area contributed by atoms with E-state index in [1.165, 1.54) is 16.7 Å². The predicted octanol–water partition coefficient (Wildman–Crippen LogP) is 3.13. The fourth-order valence-electron chi connectivity index (χ4n) is 2.65.